The van der Waals surface area contributed by atoms with E-state index >= 15 is 0 Å². The predicted molar refractivity (Wildman–Crippen MR) is 88.4 cm³/mol. The molecular weight excluding hydrogens is 384 g/mol. The molecule has 3 rings (SSSR count). The molecule has 0 bridgehead atoms. The lowest BCUT2D eigenvalue weighted by Crippen LogP contribution is -2.31. The van der Waals surface area contributed by atoms with Crippen LogP contribution in [0.4, 0.5) is 17.6 Å². The van der Waals surface area contributed by atoms with Crippen molar-refractivity contribution in [3.05, 3.63) is 65.0 Å². The molecule has 2 aromatic rings. The molecule has 148 valence electrons. The molecule has 10 heteroatoms. The molecule has 2 aromatic carbocycles. The van der Waals surface area contributed by atoms with E-state index in [4.69, 9.17) is 14.7 Å². The second kappa shape index (κ2) is 7.85. The largest absolute Gasteiger partial charge is 0.486 e. The minimum absolute atomic E-state index is 0.0249. The maximum absolute atomic E-state index is 14.3. The third-order valence-corrected chi connectivity index (χ3v) is 3.89. The number of aliphatic imine (C=N–C) groups is 1. The monoisotopic (exact) mass is 398 g/mol. The number of ether oxygens (including phenoxy) is 2. The Bertz CT molecular complexity index is 915. The molecule has 0 radical (unpaired) electrons. The van der Waals surface area contributed by atoms with E-state index in [0.717, 1.165) is 18.2 Å². The van der Waals surface area contributed by atoms with Gasteiger partial charge in [0.1, 0.15) is 13.2 Å². The first-order chi connectivity index (χ1) is 13.3. The van der Waals surface area contributed by atoms with Crippen LogP contribution < -0.4 is 10.2 Å². The molecule has 2 N–H and O–H groups in total. The molecule has 1 unspecified atom stereocenters. The van der Waals surface area contributed by atoms with Gasteiger partial charge in [-0.2, -0.15) is 13.2 Å². The number of hydrogen-bond acceptors (Lipinski definition) is 5. The van der Waals surface area contributed by atoms with Crippen molar-refractivity contribution in [2.75, 3.05) is 6.61 Å². The fraction of sp³-hybridized carbons (Fsp3) is 0.222. The molecular formula is C18H14F4N2O4. The van der Waals surface area contributed by atoms with Crippen molar-refractivity contribution in [3.8, 4) is 5.75 Å². The topological polar surface area (TPSA) is 80.2 Å². The fourth-order valence-electron chi connectivity index (χ4n) is 2.49. The van der Waals surface area contributed by atoms with Crippen molar-refractivity contribution in [2.24, 2.45) is 4.99 Å². The third kappa shape index (κ3) is 4.39. The smallest absolute Gasteiger partial charge is 0.416 e. The first-order valence-electron chi connectivity index (χ1n) is 8.01. The fourth-order valence-corrected chi connectivity index (χ4v) is 2.49. The zero-order valence-electron chi connectivity index (χ0n) is 14.2. The van der Waals surface area contributed by atoms with Crippen molar-refractivity contribution in [3.63, 3.8) is 0 Å². The number of benzene rings is 2. The number of alkyl halides is 3. The molecule has 0 saturated carbocycles. The van der Waals surface area contributed by atoms with Crippen LogP contribution >= 0.6 is 0 Å². The lowest BCUT2D eigenvalue weighted by Gasteiger charge is -2.11. The molecule has 0 spiro atoms. The Morgan fingerprint density at radius 3 is 2.75 bits per heavy atom. The van der Waals surface area contributed by atoms with Crippen molar-refractivity contribution in [2.45, 2.75) is 18.8 Å². The van der Waals surface area contributed by atoms with Gasteiger partial charge in [-0.1, -0.05) is 12.1 Å². The Hall–Kier alpha value is -3.14. The summed E-state index contributed by atoms with van der Waals surface area (Å²) in [5, 5.41) is 8.58. The Kier molecular flexibility index (Phi) is 5.50. The number of nitrogens with zero attached hydrogens (tertiary/aromatic N) is 1. The van der Waals surface area contributed by atoms with Gasteiger partial charge in [0.2, 0.25) is 5.90 Å². The summed E-state index contributed by atoms with van der Waals surface area (Å²) in [4.78, 5) is 15.2. The summed E-state index contributed by atoms with van der Waals surface area (Å²) in [5.41, 5.74) is 1.12. The highest BCUT2D eigenvalue weighted by molar-refractivity contribution is 5.98. The normalized spacial score (nSPS) is 16.3. The van der Waals surface area contributed by atoms with Crippen molar-refractivity contribution in [1.82, 2.24) is 5.48 Å². The van der Waals surface area contributed by atoms with Crippen LogP contribution in [0.5, 0.6) is 5.75 Å². The van der Waals surface area contributed by atoms with Gasteiger partial charge in [0.05, 0.1) is 5.56 Å². The average molecular weight is 398 g/mol. The standard InChI is InChI=1S/C18H14F4N2O4/c19-13-7-11(17-23-14(9-28-17)16(25)24-26)4-5-15(13)27-8-10-2-1-3-12(6-10)18(20,21)22/h1-7,14,26H,8-9H2,(H,24,25). The lowest BCUT2D eigenvalue weighted by molar-refractivity contribution is -0.137. The molecule has 0 aromatic heterocycles. The Balaban J connectivity index is 1.70. The van der Waals surface area contributed by atoms with E-state index in [0.29, 0.717) is 0 Å². The van der Waals surface area contributed by atoms with E-state index in [1.807, 2.05) is 0 Å². The maximum atomic E-state index is 14.3. The molecule has 1 heterocycles. The third-order valence-electron chi connectivity index (χ3n) is 3.89. The van der Waals surface area contributed by atoms with E-state index in [1.165, 1.54) is 29.7 Å². The van der Waals surface area contributed by atoms with Crippen LogP contribution in [0, 0.1) is 5.82 Å². The van der Waals surface area contributed by atoms with Gasteiger partial charge in [-0.15, -0.1) is 0 Å². The van der Waals surface area contributed by atoms with E-state index < -0.39 is 29.5 Å². The highest BCUT2D eigenvalue weighted by Gasteiger charge is 2.30. The second-order valence-electron chi connectivity index (χ2n) is 5.87. The van der Waals surface area contributed by atoms with Crippen LogP contribution in [-0.2, 0) is 22.3 Å². The summed E-state index contributed by atoms with van der Waals surface area (Å²) >= 11 is 0. The summed E-state index contributed by atoms with van der Waals surface area (Å²) in [6, 6.07) is 7.39. The van der Waals surface area contributed by atoms with E-state index in [2.05, 4.69) is 4.99 Å². The van der Waals surface area contributed by atoms with E-state index in [1.54, 1.807) is 0 Å². The van der Waals surface area contributed by atoms with Crippen molar-refractivity contribution in [1.29, 1.82) is 0 Å². The van der Waals surface area contributed by atoms with Crippen LogP contribution in [0.1, 0.15) is 16.7 Å². The van der Waals surface area contributed by atoms with Crippen LogP contribution in [-0.4, -0.2) is 29.7 Å². The number of nitrogens with one attached hydrogen (secondary N) is 1. The first-order valence-corrected chi connectivity index (χ1v) is 8.01. The Labute approximate surface area is 156 Å². The first kappa shape index (κ1) is 19.6. The van der Waals surface area contributed by atoms with Gasteiger partial charge in [0, 0.05) is 5.56 Å². The lowest BCUT2D eigenvalue weighted by atomic mass is 10.1. The number of carbonyl (C=O) groups is 1. The summed E-state index contributed by atoms with van der Waals surface area (Å²) in [5.74, 6) is -1.66. The number of halogens is 4. The average Bonchev–Trinajstić information content (AvgIpc) is 3.16. The number of hydroxylamine groups is 1. The highest BCUT2D eigenvalue weighted by atomic mass is 19.4. The van der Waals surface area contributed by atoms with E-state index in [-0.39, 0.29) is 36.0 Å². The molecule has 0 saturated heterocycles. The minimum Gasteiger partial charge on any atom is -0.486 e. The predicted octanol–water partition coefficient (Wildman–Crippen LogP) is 3.07. The molecule has 1 aliphatic heterocycles. The minimum atomic E-state index is -4.48. The summed E-state index contributed by atoms with van der Waals surface area (Å²) in [6.07, 6.45) is -4.48. The Morgan fingerprint density at radius 1 is 1.29 bits per heavy atom. The van der Waals surface area contributed by atoms with Gasteiger partial charge in [0.15, 0.2) is 17.6 Å². The quantitative estimate of drug-likeness (QED) is 0.461. The summed E-state index contributed by atoms with van der Waals surface area (Å²) in [7, 11) is 0. The van der Waals surface area contributed by atoms with Crippen LogP contribution in [0.3, 0.4) is 0 Å². The maximum Gasteiger partial charge on any atom is 0.416 e. The molecule has 0 fully saturated rings. The van der Waals surface area contributed by atoms with Gasteiger partial charge in [-0.05, 0) is 35.9 Å². The van der Waals surface area contributed by atoms with Crippen LogP contribution in [0.2, 0.25) is 0 Å². The van der Waals surface area contributed by atoms with Gasteiger partial charge in [-0.3, -0.25) is 10.0 Å². The van der Waals surface area contributed by atoms with Gasteiger partial charge < -0.3 is 9.47 Å². The van der Waals surface area contributed by atoms with Crippen LogP contribution in [0.15, 0.2) is 47.5 Å². The number of rotatable bonds is 5. The molecule has 0 aliphatic carbocycles. The summed E-state index contributed by atoms with van der Waals surface area (Å²) < 4.78 is 62.9. The molecule has 1 amide bonds. The SMILES string of the molecule is O=C(NO)C1COC(c2ccc(OCc3cccc(C(F)(F)F)c3)c(F)c2)=N1. The molecule has 1 aliphatic rings. The summed E-state index contributed by atoms with van der Waals surface area (Å²) in [6.45, 7) is -0.354. The van der Waals surface area contributed by atoms with Crippen molar-refractivity contribution < 1.29 is 37.0 Å². The van der Waals surface area contributed by atoms with Crippen molar-refractivity contribution >= 4 is 11.8 Å². The molecule has 6 nitrogen and oxygen atoms in total. The van der Waals surface area contributed by atoms with Gasteiger partial charge in [-0.25, -0.2) is 14.9 Å². The number of carbonyl (C=O) groups excluding carboxylic acids is 1. The zero-order chi connectivity index (χ0) is 20.3. The second-order valence-corrected chi connectivity index (χ2v) is 5.87. The number of hydrogen-bond donors (Lipinski definition) is 2. The van der Waals surface area contributed by atoms with Gasteiger partial charge in [0.25, 0.3) is 5.91 Å². The number of amides is 1. The molecule has 28 heavy (non-hydrogen) atoms. The highest BCUT2D eigenvalue weighted by Crippen LogP contribution is 2.30. The zero-order valence-corrected chi connectivity index (χ0v) is 14.2. The van der Waals surface area contributed by atoms with E-state index in [9.17, 15) is 22.4 Å². The molecule has 1 atom stereocenters. The Morgan fingerprint density at radius 2 is 2.07 bits per heavy atom. The van der Waals surface area contributed by atoms with Crippen LogP contribution in [0.25, 0.3) is 0 Å². The van der Waals surface area contributed by atoms with Gasteiger partial charge >= 0.3 is 6.18 Å².